The maximum Gasteiger partial charge on any atom is 0.342 e. The Morgan fingerprint density at radius 3 is 2.41 bits per heavy atom. The molecule has 0 saturated carbocycles. The Kier molecular flexibility index (Phi) is 5.53. The van der Waals surface area contributed by atoms with Crippen LogP contribution in [0.1, 0.15) is 5.56 Å². The summed E-state index contributed by atoms with van der Waals surface area (Å²) in [5.41, 5.74) is 1.05. The van der Waals surface area contributed by atoms with Crippen LogP contribution in [-0.2, 0) is 4.79 Å². The lowest BCUT2D eigenvalue weighted by Crippen LogP contribution is -1.97. The standard InChI is InChI=1S/C17H10ClN3O5S/c18-12-5-3-11(4-6-12)15-19-20-17(26-15)27-14(16(22)23)9-10-1-7-13(8-2-10)21(24)25/h1-9H,(H,22,23)/b14-9+. The summed E-state index contributed by atoms with van der Waals surface area (Å²) in [5, 5.41) is 28.4. The number of aliphatic carboxylic acids is 1. The second-order valence-electron chi connectivity index (χ2n) is 5.14. The fourth-order valence-electron chi connectivity index (χ4n) is 2.03. The molecule has 0 radical (unpaired) electrons. The van der Waals surface area contributed by atoms with E-state index in [1.807, 2.05) is 0 Å². The maximum atomic E-state index is 11.5. The Labute approximate surface area is 161 Å². The molecule has 0 spiro atoms. The second kappa shape index (κ2) is 8.02. The molecule has 2 aromatic carbocycles. The minimum atomic E-state index is -1.19. The summed E-state index contributed by atoms with van der Waals surface area (Å²) in [5.74, 6) is -0.959. The first kappa shape index (κ1) is 18.6. The van der Waals surface area contributed by atoms with Gasteiger partial charge in [0.2, 0.25) is 5.89 Å². The largest absolute Gasteiger partial charge is 0.477 e. The molecule has 0 bridgehead atoms. The first-order chi connectivity index (χ1) is 12.9. The van der Waals surface area contributed by atoms with Gasteiger partial charge in [-0.1, -0.05) is 11.6 Å². The van der Waals surface area contributed by atoms with Crippen LogP contribution in [0.25, 0.3) is 17.5 Å². The van der Waals surface area contributed by atoms with E-state index in [-0.39, 0.29) is 21.7 Å². The van der Waals surface area contributed by atoms with E-state index in [9.17, 15) is 20.0 Å². The van der Waals surface area contributed by atoms with E-state index in [0.29, 0.717) is 16.1 Å². The summed E-state index contributed by atoms with van der Waals surface area (Å²) in [6.45, 7) is 0. The number of carboxylic acids is 1. The number of halogens is 1. The van der Waals surface area contributed by atoms with Crippen LogP contribution in [0.2, 0.25) is 5.02 Å². The average molecular weight is 404 g/mol. The van der Waals surface area contributed by atoms with Gasteiger partial charge in [-0.25, -0.2) is 4.79 Å². The van der Waals surface area contributed by atoms with Crippen LogP contribution in [0.4, 0.5) is 5.69 Å². The number of benzene rings is 2. The van der Waals surface area contributed by atoms with Gasteiger partial charge in [-0.05, 0) is 59.8 Å². The molecule has 136 valence electrons. The fourth-order valence-corrected chi connectivity index (χ4v) is 2.83. The third kappa shape index (κ3) is 4.72. The second-order valence-corrected chi connectivity index (χ2v) is 6.57. The van der Waals surface area contributed by atoms with Gasteiger partial charge in [-0.15, -0.1) is 10.2 Å². The number of thioether (sulfide) groups is 1. The van der Waals surface area contributed by atoms with Gasteiger partial charge in [0.1, 0.15) is 4.91 Å². The van der Waals surface area contributed by atoms with E-state index in [2.05, 4.69) is 10.2 Å². The molecule has 10 heteroatoms. The zero-order chi connectivity index (χ0) is 19.4. The molecule has 27 heavy (non-hydrogen) atoms. The molecule has 3 aromatic rings. The molecule has 1 N–H and O–H groups in total. The van der Waals surface area contributed by atoms with Gasteiger partial charge in [0, 0.05) is 22.7 Å². The van der Waals surface area contributed by atoms with E-state index in [1.165, 1.54) is 30.3 Å². The lowest BCUT2D eigenvalue weighted by Gasteiger charge is -1.99. The van der Waals surface area contributed by atoms with Crippen molar-refractivity contribution in [3.63, 3.8) is 0 Å². The highest BCUT2D eigenvalue weighted by Gasteiger charge is 2.16. The third-order valence-corrected chi connectivity index (χ3v) is 4.41. The van der Waals surface area contributed by atoms with Gasteiger partial charge in [0.05, 0.1) is 4.92 Å². The van der Waals surface area contributed by atoms with Gasteiger partial charge in [0.25, 0.3) is 10.9 Å². The minimum Gasteiger partial charge on any atom is -0.477 e. The van der Waals surface area contributed by atoms with Crippen molar-refractivity contribution in [2.45, 2.75) is 5.22 Å². The number of aromatic nitrogens is 2. The van der Waals surface area contributed by atoms with Crippen molar-refractivity contribution < 1.29 is 19.2 Å². The molecule has 0 saturated heterocycles. The number of rotatable bonds is 6. The van der Waals surface area contributed by atoms with Gasteiger partial charge in [-0.3, -0.25) is 10.1 Å². The molecule has 0 atom stereocenters. The average Bonchev–Trinajstić information content (AvgIpc) is 3.10. The van der Waals surface area contributed by atoms with Gasteiger partial charge < -0.3 is 9.52 Å². The summed E-state index contributed by atoms with van der Waals surface area (Å²) >= 11 is 6.61. The monoisotopic (exact) mass is 403 g/mol. The predicted molar refractivity (Wildman–Crippen MR) is 99.3 cm³/mol. The van der Waals surface area contributed by atoms with E-state index in [4.69, 9.17) is 16.0 Å². The van der Waals surface area contributed by atoms with Crippen LogP contribution >= 0.6 is 23.4 Å². The van der Waals surface area contributed by atoms with Crippen molar-refractivity contribution in [2.75, 3.05) is 0 Å². The zero-order valence-electron chi connectivity index (χ0n) is 13.4. The Morgan fingerprint density at radius 2 is 1.81 bits per heavy atom. The quantitative estimate of drug-likeness (QED) is 0.276. The number of carboxylic acid groups (broad SMARTS) is 1. The Bertz CT molecular complexity index is 1020. The Balaban J connectivity index is 1.81. The third-order valence-electron chi connectivity index (χ3n) is 3.31. The smallest absolute Gasteiger partial charge is 0.342 e. The molecule has 8 nitrogen and oxygen atoms in total. The molecule has 0 aliphatic rings. The number of nitro benzene ring substituents is 1. The molecule has 0 fully saturated rings. The highest BCUT2D eigenvalue weighted by molar-refractivity contribution is 8.03. The number of nitrogens with zero attached hydrogens (tertiary/aromatic N) is 3. The first-order valence-electron chi connectivity index (χ1n) is 7.39. The van der Waals surface area contributed by atoms with Crippen LogP contribution in [-0.4, -0.2) is 26.2 Å². The SMILES string of the molecule is O=C(O)/C(=C\c1ccc([N+](=O)[O-])cc1)Sc1nnc(-c2ccc(Cl)cc2)o1. The summed E-state index contributed by atoms with van der Waals surface area (Å²) in [6.07, 6.45) is 1.36. The molecule has 0 amide bonds. The van der Waals surface area contributed by atoms with Crippen molar-refractivity contribution in [2.24, 2.45) is 0 Å². The van der Waals surface area contributed by atoms with E-state index < -0.39 is 10.9 Å². The summed E-state index contributed by atoms with van der Waals surface area (Å²) < 4.78 is 5.48. The molecule has 1 heterocycles. The van der Waals surface area contributed by atoms with E-state index in [0.717, 1.165) is 11.8 Å². The highest BCUT2D eigenvalue weighted by atomic mass is 35.5. The summed E-state index contributed by atoms with van der Waals surface area (Å²) in [4.78, 5) is 21.6. The number of nitro groups is 1. The van der Waals surface area contributed by atoms with Gasteiger partial charge >= 0.3 is 5.97 Å². The predicted octanol–water partition coefficient (Wildman–Crippen LogP) is 4.52. The molecule has 0 aliphatic heterocycles. The Morgan fingerprint density at radius 1 is 1.15 bits per heavy atom. The number of carbonyl (C=O) groups is 1. The van der Waals surface area contributed by atoms with Crippen molar-refractivity contribution in [3.8, 4) is 11.5 Å². The normalized spacial score (nSPS) is 11.4. The number of hydrogen-bond acceptors (Lipinski definition) is 7. The van der Waals surface area contributed by atoms with Crippen LogP contribution in [0.3, 0.4) is 0 Å². The zero-order valence-corrected chi connectivity index (χ0v) is 15.0. The molecule has 1 aromatic heterocycles. The topological polar surface area (TPSA) is 119 Å². The maximum absolute atomic E-state index is 11.5. The van der Waals surface area contributed by atoms with Crippen LogP contribution in [0.5, 0.6) is 0 Å². The molecular weight excluding hydrogens is 394 g/mol. The van der Waals surface area contributed by atoms with Crippen molar-refractivity contribution in [1.82, 2.24) is 10.2 Å². The van der Waals surface area contributed by atoms with Crippen LogP contribution in [0, 0.1) is 10.1 Å². The summed E-state index contributed by atoms with van der Waals surface area (Å²) in [7, 11) is 0. The number of hydrogen-bond donors (Lipinski definition) is 1. The van der Waals surface area contributed by atoms with E-state index in [1.54, 1.807) is 24.3 Å². The number of non-ortho nitro benzene ring substituents is 1. The lowest BCUT2D eigenvalue weighted by molar-refractivity contribution is -0.384. The molecule has 3 rings (SSSR count). The van der Waals surface area contributed by atoms with Gasteiger partial charge in [-0.2, -0.15) is 0 Å². The van der Waals surface area contributed by atoms with Gasteiger partial charge in [0.15, 0.2) is 0 Å². The first-order valence-corrected chi connectivity index (χ1v) is 8.58. The van der Waals surface area contributed by atoms with Crippen molar-refractivity contribution in [1.29, 1.82) is 0 Å². The van der Waals surface area contributed by atoms with Crippen molar-refractivity contribution in [3.05, 3.63) is 74.1 Å². The minimum absolute atomic E-state index is 0.0514. The molecule has 0 unspecified atom stereocenters. The van der Waals surface area contributed by atoms with Crippen LogP contribution in [0.15, 0.2) is 63.1 Å². The van der Waals surface area contributed by atoms with Crippen molar-refractivity contribution >= 4 is 41.1 Å². The molecular formula is C17H10ClN3O5S. The molecule has 0 aliphatic carbocycles. The van der Waals surface area contributed by atoms with Crippen LogP contribution < -0.4 is 0 Å². The fraction of sp³-hybridized carbons (Fsp3) is 0. The lowest BCUT2D eigenvalue weighted by atomic mass is 10.2. The summed E-state index contributed by atoms with van der Waals surface area (Å²) in [6, 6.07) is 12.2. The Hall–Kier alpha value is -3.17. The highest BCUT2D eigenvalue weighted by Crippen LogP contribution is 2.30. The van der Waals surface area contributed by atoms with E-state index >= 15 is 0 Å².